The molecule has 180 valence electrons. The highest BCUT2D eigenvalue weighted by Gasteiger charge is 2.27. The van der Waals surface area contributed by atoms with Crippen LogP contribution in [0, 0.1) is 5.92 Å². The first-order chi connectivity index (χ1) is 15.7. The minimum atomic E-state index is -1.69. The number of carbonyl (C=O) groups is 2. The number of methoxy groups -OCH3 is 3. The van der Waals surface area contributed by atoms with E-state index in [1.165, 1.54) is 32.2 Å². The molecule has 0 saturated carbocycles. The standard InChI is InChI=1S/C20H30BN5O7/c1-12(2)10-16(21(29)30)23-20(28)14-11-26(25-24-14)9-8-22-19(27)13-6-7-15(31-3)18(33-5)17(13)32-4/h6-7,11-12,16,29-30H,8-10H2,1-5H3,(H,22,27)(H,23,28)/t16-/m0/s1. The molecule has 0 radical (unpaired) electrons. The van der Waals surface area contributed by atoms with E-state index in [9.17, 15) is 19.6 Å². The van der Waals surface area contributed by atoms with Crippen LogP contribution < -0.4 is 24.8 Å². The summed E-state index contributed by atoms with van der Waals surface area (Å²) in [5.41, 5.74) is 0.296. The second-order valence-electron chi connectivity index (χ2n) is 7.63. The first kappa shape index (κ1) is 25.9. The van der Waals surface area contributed by atoms with Crippen molar-refractivity contribution in [2.24, 2.45) is 5.92 Å². The van der Waals surface area contributed by atoms with E-state index in [4.69, 9.17) is 14.2 Å². The molecule has 33 heavy (non-hydrogen) atoms. The van der Waals surface area contributed by atoms with Gasteiger partial charge in [-0.2, -0.15) is 0 Å². The fraction of sp³-hybridized carbons (Fsp3) is 0.500. The van der Waals surface area contributed by atoms with Crippen LogP contribution in [-0.2, 0) is 6.54 Å². The van der Waals surface area contributed by atoms with E-state index in [0.29, 0.717) is 17.9 Å². The summed E-state index contributed by atoms with van der Waals surface area (Å²) in [5.74, 6) is -0.638. The lowest BCUT2D eigenvalue weighted by Crippen LogP contribution is -2.47. The fourth-order valence-corrected chi connectivity index (χ4v) is 3.18. The second-order valence-corrected chi connectivity index (χ2v) is 7.63. The van der Waals surface area contributed by atoms with Crippen molar-refractivity contribution < 1.29 is 33.8 Å². The number of nitrogens with one attached hydrogen (secondary N) is 2. The van der Waals surface area contributed by atoms with Crippen LogP contribution in [0.5, 0.6) is 17.2 Å². The maximum atomic E-state index is 12.6. The molecule has 0 fully saturated rings. The summed E-state index contributed by atoms with van der Waals surface area (Å²) in [5, 5.41) is 31.9. The number of carbonyl (C=O) groups excluding carboxylic acids is 2. The predicted octanol–water partition coefficient (Wildman–Crippen LogP) is -0.110. The van der Waals surface area contributed by atoms with E-state index >= 15 is 0 Å². The third-order valence-electron chi connectivity index (χ3n) is 4.75. The molecule has 1 aromatic heterocycles. The fourth-order valence-electron chi connectivity index (χ4n) is 3.18. The van der Waals surface area contributed by atoms with Crippen molar-refractivity contribution in [3.8, 4) is 17.2 Å². The number of hydrogen-bond acceptors (Lipinski definition) is 9. The summed E-state index contributed by atoms with van der Waals surface area (Å²) in [7, 11) is 2.68. The third kappa shape index (κ3) is 6.83. The first-order valence-electron chi connectivity index (χ1n) is 10.4. The van der Waals surface area contributed by atoms with Gasteiger partial charge in [0, 0.05) is 6.54 Å². The van der Waals surface area contributed by atoms with Gasteiger partial charge in [0.15, 0.2) is 17.2 Å². The summed E-state index contributed by atoms with van der Waals surface area (Å²) in [6.45, 7) is 4.26. The van der Waals surface area contributed by atoms with Crippen molar-refractivity contribution in [2.45, 2.75) is 32.8 Å². The Morgan fingerprint density at radius 2 is 1.79 bits per heavy atom. The van der Waals surface area contributed by atoms with Crippen LogP contribution in [0.2, 0.25) is 0 Å². The predicted molar refractivity (Wildman–Crippen MR) is 119 cm³/mol. The van der Waals surface area contributed by atoms with E-state index in [1.54, 1.807) is 12.1 Å². The van der Waals surface area contributed by atoms with Crippen LogP contribution >= 0.6 is 0 Å². The third-order valence-corrected chi connectivity index (χ3v) is 4.75. The molecule has 0 spiro atoms. The van der Waals surface area contributed by atoms with E-state index in [-0.39, 0.29) is 41.9 Å². The molecule has 1 heterocycles. The number of amides is 2. The molecule has 0 bridgehead atoms. The molecule has 0 aliphatic rings. The summed E-state index contributed by atoms with van der Waals surface area (Å²) in [6, 6.07) is 3.17. The van der Waals surface area contributed by atoms with Gasteiger partial charge in [0.1, 0.15) is 0 Å². The summed E-state index contributed by atoms with van der Waals surface area (Å²) >= 11 is 0. The zero-order chi connectivity index (χ0) is 24.5. The average Bonchev–Trinajstić information content (AvgIpc) is 3.25. The van der Waals surface area contributed by atoms with Gasteiger partial charge in [0.05, 0.1) is 45.6 Å². The quantitative estimate of drug-likeness (QED) is 0.315. The van der Waals surface area contributed by atoms with Crippen molar-refractivity contribution in [3.05, 3.63) is 29.6 Å². The molecule has 2 amide bonds. The number of aromatic nitrogens is 3. The number of benzene rings is 1. The molecule has 0 saturated heterocycles. The molecule has 1 atom stereocenters. The minimum Gasteiger partial charge on any atom is -0.493 e. The molecule has 2 rings (SSSR count). The molecule has 0 unspecified atom stereocenters. The van der Waals surface area contributed by atoms with Gasteiger partial charge in [-0.25, -0.2) is 4.68 Å². The lowest BCUT2D eigenvalue weighted by Gasteiger charge is -2.18. The van der Waals surface area contributed by atoms with Crippen molar-refractivity contribution in [3.63, 3.8) is 0 Å². The lowest BCUT2D eigenvalue weighted by atomic mass is 9.75. The van der Waals surface area contributed by atoms with Crippen LogP contribution in [0.15, 0.2) is 18.3 Å². The highest BCUT2D eigenvalue weighted by atomic mass is 16.5. The maximum absolute atomic E-state index is 12.6. The zero-order valence-corrected chi connectivity index (χ0v) is 19.4. The molecule has 0 aliphatic heterocycles. The van der Waals surface area contributed by atoms with Crippen LogP contribution in [0.25, 0.3) is 0 Å². The Kier molecular flexibility index (Phi) is 9.49. The van der Waals surface area contributed by atoms with E-state index in [1.807, 2.05) is 13.8 Å². The van der Waals surface area contributed by atoms with Gasteiger partial charge in [0.2, 0.25) is 5.75 Å². The average molecular weight is 463 g/mol. The highest BCUT2D eigenvalue weighted by Crippen LogP contribution is 2.39. The van der Waals surface area contributed by atoms with Gasteiger partial charge >= 0.3 is 7.12 Å². The molecule has 0 aliphatic carbocycles. The van der Waals surface area contributed by atoms with Gasteiger partial charge in [-0.1, -0.05) is 19.1 Å². The Bertz CT molecular complexity index is 951. The van der Waals surface area contributed by atoms with Crippen LogP contribution in [0.4, 0.5) is 0 Å². The number of nitrogens with zero attached hydrogens (tertiary/aromatic N) is 3. The SMILES string of the molecule is COc1ccc(C(=O)NCCn2cc(C(=O)N[C@@H](CC(C)C)B(O)O)nn2)c(OC)c1OC. The van der Waals surface area contributed by atoms with E-state index in [2.05, 4.69) is 20.9 Å². The molecule has 13 heteroatoms. The van der Waals surface area contributed by atoms with Crippen LogP contribution in [0.3, 0.4) is 0 Å². The van der Waals surface area contributed by atoms with Crippen LogP contribution in [-0.4, -0.2) is 77.8 Å². The maximum Gasteiger partial charge on any atom is 0.475 e. The Hall–Kier alpha value is -3.32. The van der Waals surface area contributed by atoms with Crippen molar-refractivity contribution in [2.75, 3.05) is 27.9 Å². The topological polar surface area (TPSA) is 157 Å². The van der Waals surface area contributed by atoms with Gasteiger partial charge in [-0.3, -0.25) is 9.59 Å². The zero-order valence-electron chi connectivity index (χ0n) is 19.4. The largest absolute Gasteiger partial charge is 0.493 e. The second kappa shape index (κ2) is 12.1. The first-order valence-corrected chi connectivity index (χ1v) is 10.4. The summed E-state index contributed by atoms with van der Waals surface area (Å²) in [4.78, 5) is 25.0. The Balaban J connectivity index is 1.97. The minimum absolute atomic E-state index is 0.0253. The highest BCUT2D eigenvalue weighted by molar-refractivity contribution is 6.43. The number of hydrogen-bond donors (Lipinski definition) is 4. The molecule has 2 aromatic rings. The lowest BCUT2D eigenvalue weighted by molar-refractivity contribution is 0.0929. The van der Waals surface area contributed by atoms with Crippen molar-refractivity contribution in [1.29, 1.82) is 0 Å². The smallest absolute Gasteiger partial charge is 0.475 e. The summed E-state index contributed by atoms with van der Waals surface area (Å²) in [6.07, 6.45) is 1.80. The van der Waals surface area contributed by atoms with E-state index < -0.39 is 19.0 Å². The Labute approximate surface area is 192 Å². The molecule has 4 N–H and O–H groups in total. The van der Waals surface area contributed by atoms with Gasteiger partial charge in [-0.15, -0.1) is 5.10 Å². The Morgan fingerprint density at radius 1 is 1.09 bits per heavy atom. The Morgan fingerprint density at radius 3 is 2.36 bits per heavy atom. The normalized spacial score (nSPS) is 11.6. The van der Waals surface area contributed by atoms with Crippen LogP contribution in [0.1, 0.15) is 41.1 Å². The van der Waals surface area contributed by atoms with Gasteiger partial charge < -0.3 is 34.9 Å². The number of ether oxygens (including phenoxy) is 3. The molecule has 12 nitrogen and oxygen atoms in total. The molecular weight excluding hydrogens is 433 g/mol. The van der Waals surface area contributed by atoms with Crippen molar-refractivity contribution in [1.82, 2.24) is 25.6 Å². The summed E-state index contributed by atoms with van der Waals surface area (Å²) < 4.78 is 17.2. The molecular formula is C20H30BN5O7. The molecule has 1 aromatic carbocycles. The van der Waals surface area contributed by atoms with Gasteiger partial charge in [-0.05, 0) is 24.5 Å². The number of rotatable bonds is 12. The van der Waals surface area contributed by atoms with Gasteiger partial charge in [0.25, 0.3) is 11.8 Å². The van der Waals surface area contributed by atoms with Crippen molar-refractivity contribution >= 4 is 18.9 Å². The van der Waals surface area contributed by atoms with E-state index in [0.717, 1.165) is 0 Å². The monoisotopic (exact) mass is 463 g/mol.